The van der Waals surface area contributed by atoms with Crippen LogP contribution in [0.3, 0.4) is 0 Å². The number of nitrogens with one attached hydrogen (secondary N) is 1. The summed E-state index contributed by atoms with van der Waals surface area (Å²) < 4.78 is 38.7. The molecule has 0 spiro atoms. The Hall–Kier alpha value is -3.08. The number of fused-ring (bicyclic) bond motifs is 2. The topological polar surface area (TPSA) is 95.6 Å². The van der Waals surface area contributed by atoms with E-state index >= 15 is 0 Å². The van der Waals surface area contributed by atoms with Crippen LogP contribution in [-0.4, -0.2) is 49.4 Å². The van der Waals surface area contributed by atoms with Gasteiger partial charge in [-0.25, -0.2) is 9.67 Å². The standard InChI is InChI=1S/C19H20F2N6O3/c1-9(2)30-17-10(16(28)23-14-3-4-27(25-14)18(20)21)5-26-6-13(22-19(26)24-17)15-11-7-29-8-12(11)15/h3-6,9,11-12,15,18H,7-8H2,1-2H3,(H,23,25,28). The average Bonchev–Trinajstić information content (AvgIpc) is 3.14. The first-order valence-corrected chi connectivity index (χ1v) is 9.69. The molecule has 2 atom stereocenters. The minimum absolute atomic E-state index is 0.00743. The number of aromatic nitrogens is 5. The molecule has 9 nitrogen and oxygen atoms in total. The SMILES string of the molecule is CC(C)Oc1nc2nc(C3C4COCC43)cn2cc1C(=O)Nc1ccn(C(F)F)n1. The lowest BCUT2D eigenvalue weighted by Crippen LogP contribution is -2.18. The van der Waals surface area contributed by atoms with E-state index in [1.54, 1.807) is 10.6 Å². The van der Waals surface area contributed by atoms with Crippen LogP contribution in [0.1, 0.15) is 42.4 Å². The van der Waals surface area contributed by atoms with E-state index in [1.165, 1.54) is 6.07 Å². The van der Waals surface area contributed by atoms with E-state index in [0.717, 1.165) is 25.1 Å². The summed E-state index contributed by atoms with van der Waals surface area (Å²) in [4.78, 5) is 21.9. The number of hydrogen-bond acceptors (Lipinski definition) is 6. The van der Waals surface area contributed by atoms with Crippen molar-refractivity contribution >= 4 is 17.5 Å². The first kappa shape index (κ1) is 18.9. The van der Waals surface area contributed by atoms with Crippen molar-refractivity contribution in [1.82, 2.24) is 24.1 Å². The lowest BCUT2D eigenvalue weighted by Gasteiger charge is -2.13. The zero-order chi connectivity index (χ0) is 21.0. The number of rotatable bonds is 6. The van der Waals surface area contributed by atoms with E-state index in [0.29, 0.717) is 28.2 Å². The summed E-state index contributed by atoms with van der Waals surface area (Å²) in [6.07, 6.45) is 4.32. The molecule has 1 saturated heterocycles. The maximum atomic E-state index is 12.8. The second kappa shape index (κ2) is 7.01. The molecule has 11 heteroatoms. The number of anilines is 1. The molecule has 1 aliphatic carbocycles. The van der Waals surface area contributed by atoms with E-state index < -0.39 is 12.5 Å². The Labute approximate surface area is 170 Å². The third kappa shape index (κ3) is 3.28. The fourth-order valence-corrected chi connectivity index (χ4v) is 3.93. The van der Waals surface area contributed by atoms with Crippen molar-refractivity contribution in [2.24, 2.45) is 11.8 Å². The summed E-state index contributed by atoms with van der Waals surface area (Å²) in [5.74, 6) is 1.35. The van der Waals surface area contributed by atoms with Crippen LogP contribution >= 0.6 is 0 Å². The van der Waals surface area contributed by atoms with E-state index in [-0.39, 0.29) is 23.4 Å². The Kier molecular flexibility index (Phi) is 4.42. The number of carbonyl (C=O) groups excluding carboxylic acids is 1. The highest BCUT2D eigenvalue weighted by molar-refractivity contribution is 6.05. The largest absolute Gasteiger partial charge is 0.474 e. The van der Waals surface area contributed by atoms with Gasteiger partial charge in [-0.05, 0) is 25.7 Å². The third-order valence-corrected chi connectivity index (χ3v) is 5.37. The average molecular weight is 418 g/mol. The molecule has 0 bridgehead atoms. The molecule has 2 aliphatic rings. The molecule has 1 saturated carbocycles. The van der Waals surface area contributed by atoms with Gasteiger partial charge in [-0.1, -0.05) is 0 Å². The van der Waals surface area contributed by atoms with Crippen LogP contribution in [0.15, 0.2) is 24.7 Å². The van der Waals surface area contributed by atoms with Gasteiger partial charge >= 0.3 is 6.55 Å². The molecule has 2 unspecified atom stereocenters. The molecular formula is C19H20F2N6O3. The van der Waals surface area contributed by atoms with Gasteiger partial charge in [0.1, 0.15) is 5.56 Å². The first-order chi connectivity index (χ1) is 14.4. The van der Waals surface area contributed by atoms with Gasteiger partial charge in [0, 0.05) is 30.6 Å². The predicted octanol–water partition coefficient (Wildman–Crippen LogP) is 2.72. The predicted molar refractivity (Wildman–Crippen MR) is 101 cm³/mol. The number of hydrogen-bond donors (Lipinski definition) is 1. The molecule has 4 heterocycles. The number of imidazole rings is 1. The van der Waals surface area contributed by atoms with Crippen LogP contribution in [0.25, 0.3) is 5.78 Å². The second-order valence-electron chi connectivity index (χ2n) is 7.80. The molecule has 2 fully saturated rings. The smallest absolute Gasteiger partial charge is 0.333 e. The van der Waals surface area contributed by atoms with Crippen LogP contribution in [0.2, 0.25) is 0 Å². The Morgan fingerprint density at radius 2 is 2.03 bits per heavy atom. The van der Waals surface area contributed by atoms with E-state index in [4.69, 9.17) is 9.47 Å². The molecule has 5 rings (SSSR count). The van der Waals surface area contributed by atoms with Crippen LogP contribution in [0, 0.1) is 11.8 Å². The molecule has 1 N–H and O–H groups in total. The van der Waals surface area contributed by atoms with Gasteiger partial charge < -0.3 is 14.8 Å². The monoisotopic (exact) mass is 418 g/mol. The first-order valence-electron chi connectivity index (χ1n) is 9.69. The van der Waals surface area contributed by atoms with Crippen LogP contribution in [0.4, 0.5) is 14.6 Å². The molecule has 1 amide bonds. The molecule has 1 aliphatic heterocycles. The number of ether oxygens (including phenoxy) is 2. The zero-order valence-corrected chi connectivity index (χ0v) is 16.3. The lowest BCUT2D eigenvalue weighted by molar-refractivity contribution is 0.0568. The summed E-state index contributed by atoms with van der Waals surface area (Å²) >= 11 is 0. The lowest BCUT2D eigenvalue weighted by atomic mass is 10.2. The number of carbonyl (C=O) groups is 1. The summed E-state index contributed by atoms with van der Waals surface area (Å²) in [5.41, 5.74) is 1.08. The Morgan fingerprint density at radius 1 is 1.27 bits per heavy atom. The second-order valence-corrected chi connectivity index (χ2v) is 7.80. The number of nitrogens with zero attached hydrogens (tertiary/aromatic N) is 5. The van der Waals surface area contributed by atoms with Gasteiger partial charge in [0.2, 0.25) is 11.7 Å². The molecule has 158 valence electrons. The molecule has 3 aromatic rings. The van der Waals surface area contributed by atoms with Crippen molar-refractivity contribution in [3.05, 3.63) is 35.9 Å². The highest BCUT2D eigenvalue weighted by Gasteiger charge is 2.55. The van der Waals surface area contributed by atoms with E-state index in [9.17, 15) is 13.6 Å². The van der Waals surface area contributed by atoms with Crippen molar-refractivity contribution in [3.63, 3.8) is 0 Å². The van der Waals surface area contributed by atoms with Crippen molar-refractivity contribution < 1.29 is 23.0 Å². The zero-order valence-electron chi connectivity index (χ0n) is 16.3. The fraction of sp³-hybridized carbons (Fsp3) is 0.474. The molecular weight excluding hydrogens is 398 g/mol. The Bertz CT molecular complexity index is 1100. The molecule has 0 aromatic carbocycles. The summed E-state index contributed by atoms with van der Waals surface area (Å²) in [5, 5.41) is 6.15. The van der Waals surface area contributed by atoms with Crippen molar-refractivity contribution in [2.75, 3.05) is 18.5 Å². The van der Waals surface area contributed by atoms with Crippen molar-refractivity contribution in [1.29, 1.82) is 0 Å². The van der Waals surface area contributed by atoms with E-state index in [2.05, 4.69) is 20.4 Å². The quantitative estimate of drug-likeness (QED) is 0.661. The molecule has 30 heavy (non-hydrogen) atoms. The highest BCUT2D eigenvalue weighted by Crippen LogP contribution is 2.57. The van der Waals surface area contributed by atoms with Gasteiger partial charge in [-0.3, -0.25) is 9.20 Å². The third-order valence-electron chi connectivity index (χ3n) is 5.37. The van der Waals surface area contributed by atoms with Crippen molar-refractivity contribution in [2.45, 2.75) is 32.4 Å². The fourth-order valence-electron chi connectivity index (χ4n) is 3.93. The number of amides is 1. The highest BCUT2D eigenvalue weighted by atomic mass is 19.3. The Balaban J connectivity index is 1.46. The molecule has 3 aromatic heterocycles. The van der Waals surface area contributed by atoms with Gasteiger partial charge in [-0.2, -0.15) is 18.9 Å². The maximum Gasteiger partial charge on any atom is 0.333 e. The summed E-state index contributed by atoms with van der Waals surface area (Å²) in [7, 11) is 0. The summed E-state index contributed by atoms with van der Waals surface area (Å²) in [6, 6.07) is 1.29. The number of halogens is 2. The molecule has 0 radical (unpaired) electrons. The van der Waals surface area contributed by atoms with E-state index in [1.807, 2.05) is 20.0 Å². The van der Waals surface area contributed by atoms with Crippen LogP contribution in [-0.2, 0) is 4.74 Å². The minimum Gasteiger partial charge on any atom is -0.474 e. The Morgan fingerprint density at radius 3 is 2.70 bits per heavy atom. The van der Waals surface area contributed by atoms with Gasteiger partial charge in [0.15, 0.2) is 5.82 Å². The van der Waals surface area contributed by atoms with Gasteiger partial charge in [0.25, 0.3) is 5.91 Å². The van der Waals surface area contributed by atoms with Gasteiger partial charge in [-0.15, -0.1) is 0 Å². The normalized spacial score (nSPS) is 22.7. The van der Waals surface area contributed by atoms with Crippen LogP contribution in [0.5, 0.6) is 5.88 Å². The van der Waals surface area contributed by atoms with Crippen LogP contribution < -0.4 is 10.1 Å². The number of alkyl halides is 2. The maximum absolute atomic E-state index is 12.8. The van der Waals surface area contributed by atoms with Crippen molar-refractivity contribution in [3.8, 4) is 5.88 Å². The minimum atomic E-state index is -2.79. The van der Waals surface area contributed by atoms with Gasteiger partial charge in [0.05, 0.1) is 25.0 Å². The summed E-state index contributed by atoms with van der Waals surface area (Å²) in [6.45, 7) is 2.35.